The van der Waals surface area contributed by atoms with E-state index in [0.29, 0.717) is 11.7 Å². The molecule has 0 bridgehead atoms. The highest BCUT2D eigenvalue weighted by Gasteiger charge is 2.09. The number of aryl methyl sites for hydroxylation is 2. The van der Waals surface area contributed by atoms with Gasteiger partial charge in [0.2, 0.25) is 0 Å². The molecule has 2 aromatic heterocycles. The molecular formula is C11H11BrClN3O. The maximum Gasteiger partial charge on any atom is 0.152 e. The van der Waals surface area contributed by atoms with E-state index < -0.39 is 0 Å². The van der Waals surface area contributed by atoms with Crippen LogP contribution in [-0.2, 0) is 6.54 Å². The number of nitrogens with zero attached hydrogens (tertiary/aromatic N) is 2. The van der Waals surface area contributed by atoms with E-state index in [2.05, 4.69) is 31.4 Å². The highest BCUT2D eigenvalue weighted by molar-refractivity contribution is 9.10. The van der Waals surface area contributed by atoms with Crippen LogP contribution in [0.15, 0.2) is 21.3 Å². The number of rotatable bonds is 3. The van der Waals surface area contributed by atoms with Crippen molar-refractivity contribution in [3.63, 3.8) is 0 Å². The molecule has 0 radical (unpaired) electrons. The normalized spacial score (nSPS) is 10.6. The molecule has 0 saturated heterocycles. The topological polar surface area (TPSA) is 51.0 Å². The summed E-state index contributed by atoms with van der Waals surface area (Å²) in [5, 5.41) is 7.55. The molecule has 0 aliphatic heterocycles. The minimum absolute atomic E-state index is 0.444. The number of hydrogen-bond acceptors (Lipinski definition) is 4. The van der Waals surface area contributed by atoms with Gasteiger partial charge >= 0.3 is 0 Å². The summed E-state index contributed by atoms with van der Waals surface area (Å²) in [5.74, 6) is 0.814. The molecule has 0 saturated carbocycles. The van der Waals surface area contributed by atoms with E-state index in [9.17, 15) is 0 Å². The van der Waals surface area contributed by atoms with Gasteiger partial charge in [0.05, 0.1) is 11.4 Å². The standard InChI is InChI=1S/C11H11BrClN3O/c1-6-9(7(2)17-16-6)5-14-10-3-8(12)4-15-11(10)13/h3-4,14H,5H2,1-2H3. The fourth-order valence-corrected chi connectivity index (χ4v) is 1.99. The van der Waals surface area contributed by atoms with Crippen molar-refractivity contribution in [2.45, 2.75) is 20.4 Å². The predicted molar refractivity (Wildman–Crippen MR) is 70.3 cm³/mol. The second-order valence-electron chi connectivity index (χ2n) is 3.65. The summed E-state index contributed by atoms with van der Waals surface area (Å²) >= 11 is 9.33. The lowest BCUT2D eigenvalue weighted by atomic mass is 10.2. The van der Waals surface area contributed by atoms with Gasteiger partial charge in [-0.05, 0) is 35.8 Å². The van der Waals surface area contributed by atoms with E-state index in [0.717, 1.165) is 27.2 Å². The molecule has 0 atom stereocenters. The summed E-state index contributed by atoms with van der Waals surface area (Å²) in [6.07, 6.45) is 1.66. The second-order valence-corrected chi connectivity index (χ2v) is 4.92. The largest absolute Gasteiger partial charge is 0.378 e. The van der Waals surface area contributed by atoms with Crippen LogP contribution in [0.3, 0.4) is 0 Å². The molecule has 2 aromatic rings. The summed E-state index contributed by atoms with van der Waals surface area (Å²) in [5.41, 5.74) is 2.70. The lowest BCUT2D eigenvalue weighted by molar-refractivity contribution is 0.392. The van der Waals surface area contributed by atoms with Crippen LogP contribution in [-0.4, -0.2) is 10.1 Å². The molecule has 2 rings (SSSR count). The van der Waals surface area contributed by atoms with Gasteiger partial charge in [-0.3, -0.25) is 0 Å². The quantitative estimate of drug-likeness (QED) is 0.877. The summed E-state index contributed by atoms with van der Waals surface area (Å²) in [7, 11) is 0. The first-order valence-corrected chi connectivity index (χ1v) is 6.21. The Morgan fingerprint density at radius 3 is 2.88 bits per heavy atom. The molecule has 0 spiro atoms. The van der Waals surface area contributed by atoms with Crippen molar-refractivity contribution < 1.29 is 4.52 Å². The number of aromatic nitrogens is 2. The third-order valence-electron chi connectivity index (χ3n) is 2.44. The molecule has 1 N–H and O–H groups in total. The Kier molecular flexibility index (Phi) is 3.69. The zero-order valence-corrected chi connectivity index (χ0v) is 11.8. The third kappa shape index (κ3) is 2.79. The van der Waals surface area contributed by atoms with Crippen molar-refractivity contribution in [2.75, 3.05) is 5.32 Å². The van der Waals surface area contributed by atoms with Gasteiger partial charge in [0.1, 0.15) is 5.76 Å². The van der Waals surface area contributed by atoms with Crippen molar-refractivity contribution in [2.24, 2.45) is 0 Å². The molecule has 6 heteroatoms. The molecule has 17 heavy (non-hydrogen) atoms. The van der Waals surface area contributed by atoms with Crippen LogP contribution in [0.4, 0.5) is 5.69 Å². The number of hydrogen-bond donors (Lipinski definition) is 1. The van der Waals surface area contributed by atoms with E-state index >= 15 is 0 Å². The first-order chi connectivity index (χ1) is 8.08. The van der Waals surface area contributed by atoms with Gasteiger partial charge < -0.3 is 9.84 Å². The zero-order chi connectivity index (χ0) is 12.4. The lowest BCUT2D eigenvalue weighted by Gasteiger charge is -2.07. The highest BCUT2D eigenvalue weighted by atomic mass is 79.9. The fraction of sp³-hybridized carbons (Fsp3) is 0.273. The summed E-state index contributed by atoms with van der Waals surface area (Å²) < 4.78 is 5.97. The average molecular weight is 317 g/mol. The van der Waals surface area contributed by atoms with Crippen LogP contribution in [0.25, 0.3) is 0 Å². The Balaban J connectivity index is 2.15. The minimum Gasteiger partial charge on any atom is -0.378 e. The van der Waals surface area contributed by atoms with Gasteiger partial charge in [-0.15, -0.1) is 0 Å². The summed E-state index contributed by atoms with van der Waals surface area (Å²) in [6.45, 7) is 4.41. The van der Waals surface area contributed by atoms with E-state index in [-0.39, 0.29) is 0 Å². The smallest absolute Gasteiger partial charge is 0.152 e. The van der Waals surface area contributed by atoms with E-state index in [1.807, 2.05) is 19.9 Å². The minimum atomic E-state index is 0.444. The van der Waals surface area contributed by atoms with E-state index in [1.54, 1.807) is 6.20 Å². The summed E-state index contributed by atoms with van der Waals surface area (Å²) in [6, 6.07) is 1.88. The number of halogens is 2. The zero-order valence-electron chi connectivity index (χ0n) is 9.42. The van der Waals surface area contributed by atoms with Crippen LogP contribution in [0.1, 0.15) is 17.0 Å². The van der Waals surface area contributed by atoms with Crippen LogP contribution < -0.4 is 5.32 Å². The molecule has 0 fully saturated rings. The van der Waals surface area contributed by atoms with Crippen molar-refractivity contribution in [1.29, 1.82) is 0 Å². The van der Waals surface area contributed by atoms with Crippen LogP contribution in [0.2, 0.25) is 5.15 Å². The predicted octanol–water partition coefficient (Wildman–Crippen LogP) is 3.71. The molecule has 0 unspecified atom stereocenters. The van der Waals surface area contributed by atoms with Crippen LogP contribution >= 0.6 is 27.5 Å². The monoisotopic (exact) mass is 315 g/mol. The molecular weight excluding hydrogens is 305 g/mol. The van der Waals surface area contributed by atoms with Gasteiger partial charge in [-0.1, -0.05) is 16.8 Å². The molecule has 0 aliphatic rings. The van der Waals surface area contributed by atoms with Crippen LogP contribution in [0.5, 0.6) is 0 Å². The Bertz CT molecular complexity index is 522. The first kappa shape index (κ1) is 12.4. The van der Waals surface area contributed by atoms with Gasteiger partial charge in [-0.25, -0.2) is 4.98 Å². The summed E-state index contributed by atoms with van der Waals surface area (Å²) in [4.78, 5) is 4.04. The van der Waals surface area contributed by atoms with Crippen LogP contribution in [0, 0.1) is 13.8 Å². The average Bonchev–Trinajstić information content (AvgIpc) is 2.61. The van der Waals surface area contributed by atoms with Crippen molar-refractivity contribution in [1.82, 2.24) is 10.1 Å². The van der Waals surface area contributed by atoms with Crippen molar-refractivity contribution >= 4 is 33.2 Å². The molecule has 2 heterocycles. The number of anilines is 1. The fourth-order valence-electron chi connectivity index (χ4n) is 1.48. The molecule has 90 valence electrons. The Morgan fingerprint density at radius 2 is 2.24 bits per heavy atom. The first-order valence-electron chi connectivity index (χ1n) is 5.04. The Labute approximate surface area is 112 Å². The SMILES string of the molecule is Cc1noc(C)c1CNc1cc(Br)cnc1Cl. The lowest BCUT2D eigenvalue weighted by Crippen LogP contribution is -2.02. The molecule has 0 aromatic carbocycles. The van der Waals surface area contributed by atoms with Crippen molar-refractivity contribution in [3.8, 4) is 0 Å². The van der Waals surface area contributed by atoms with E-state index in [1.165, 1.54) is 0 Å². The van der Waals surface area contributed by atoms with Gasteiger partial charge in [-0.2, -0.15) is 0 Å². The maximum absolute atomic E-state index is 5.98. The molecule has 4 nitrogen and oxygen atoms in total. The van der Waals surface area contributed by atoms with Gasteiger partial charge in [0.25, 0.3) is 0 Å². The van der Waals surface area contributed by atoms with E-state index in [4.69, 9.17) is 16.1 Å². The van der Waals surface area contributed by atoms with Crippen molar-refractivity contribution in [3.05, 3.63) is 38.9 Å². The number of nitrogens with one attached hydrogen (secondary N) is 1. The second kappa shape index (κ2) is 5.06. The Hall–Kier alpha value is -1.07. The highest BCUT2D eigenvalue weighted by Crippen LogP contribution is 2.24. The third-order valence-corrected chi connectivity index (χ3v) is 3.18. The Morgan fingerprint density at radius 1 is 1.47 bits per heavy atom. The number of pyridine rings is 1. The van der Waals surface area contributed by atoms with Gasteiger partial charge in [0.15, 0.2) is 5.15 Å². The maximum atomic E-state index is 5.98. The molecule has 0 aliphatic carbocycles. The van der Waals surface area contributed by atoms with Gasteiger partial charge in [0, 0.05) is 22.8 Å². The molecule has 0 amide bonds.